The summed E-state index contributed by atoms with van der Waals surface area (Å²) < 4.78 is 8.30. The second-order valence-electron chi connectivity index (χ2n) is 9.22. The number of ether oxygens (including phenoxy) is 1. The number of nitrogens with zero attached hydrogens (tertiary/aromatic N) is 4. The van der Waals surface area contributed by atoms with Gasteiger partial charge in [0.15, 0.2) is 0 Å². The van der Waals surface area contributed by atoms with Crippen LogP contribution in [-0.4, -0.2) is 20.8 Å². The molecule has 0 aliphatic rings. The summed E-state index contributed by atoms with van der Waals surface area (Å²) in [5.41, 5.74) is 1.72. The topological polar surface area (TPSA) is 99.6 Å². The predicted molar refractivity (Wildman–Crippen MR) is 157 cm³/mol. The number of aromatic nitrogens is 2. The second kappa shape index (κ2) is 11.2. The summed E-state index contributed by atoms with van der Waals surface area (Å²) in [6.07, 6.45) is 2.42. The van der Waals surface area contributed by atoms with Crippen LogP contribution in [0.15, 0.2) is 93.2 Å². The van der Waals surface area contributed by atoms with Crippen molar-refractivity contribution in [2.75, 3.05) is 0 Å². The molecule has 0 N–H and O–H groups in total. The molecule has 0 aliphatic carbocycles. The third-order valence-electron chi connectivity index (χ3n) is 6.64. The summed E-state index contributed by atoms with van der Waals surface area (Å²) in [4.78, 5) is 29.1. The summed E-state index contributed by atoms with van der Waals surface area (Å²) in [6.45, 7) is 4.19. The van der Waals surface area contributed by atoms with Crippen LogP contribution in [0, 0.1) is 10.1 Å². The molecule has 8 nitrogen and oxygen atoms in total. The number of benzene rings is 4. The number of rotatable bonds is 8. The summed E-state index contributed by atoms with van der Waals surface area (Å²) in [6, 6.07) is 23.4. The predicted octanol–water partition coefficient (Wildman–Crippen LogP) is 7.20. The number of hydrogen-bond acceptors (Lipinski definition) is 6. The first-order chi connectivity index (χ1) is 18.9. The van der Waals surface area contributed by atoms with Gasteiger partial charge in [-0.15, -0.1) is 0 Å². The molecule has 0 bridgehead atoms. The molecule has 9 heteroatoms. The van der Waals surface area contributed by atoms with Gasteiger partial charge in [0.1, 0.15) is 18.2 Å². The fraction of sp³-hybridized carbons (Fsp3) is 0.167. The van der Waals surface area contributed by atoms with Crippen LogP contribution in [0.3, 0.4) is 0 Å². The second-order valence-corrected chi connectivity index (χ2v) is 10.1. The molecule has 5 rings (SSSR count). The monoisotopic (exact) mass is 584 g/mol. The summed E-state index contributed by atoms with van der Waals surface area (Å²) in [7, 11) is 0. The molecule has 1 heterocycles. The molecule has 1 atom stereocenters. The van der Waals surface area contributed by atoms with E-state index in [1.807, 2.05) is 62.4 Å². The van der Waals surface area contributed by atoms with E-state index in [0.29, 0.717) is 33.6 Å². The van der Waals surface area contributed by atoms with Crippen LogP contribution < -0.4 is 10.3 Å². The largest absolute Gasteiger partial charge is 0.488 e. The Bertz CT molecular complexity index is 1800. The lowest BCUT2D eigenvalue weighted by atomic mass is 10.0. The van der Waals surface area contributed by atoms with Crippen molar-refractivity contribution in [2.24, 2.45) is 5.10 Å². The molecule has 0 unspecified atom stereocenters. The van der Waals surface area contributed by atoms with Crippen molar-refractivity contribution in [3.05, 3.63) is 121 Å². The number of non-ortho nitro benzene ring substituents is 1. The van der Waals surface area contributed by atoms with Crippen molar-refractivity contribution in [1.29, 1.82) is 0 Å². The molecule has 0 amide bonds. The van der Waals surface area contributed by atoms with Gasteiger partial charge in [0.2, 0.25) is 0 Å². The van der Waals surface area contributed by atoms with E-state index in [2.05, 4.69) is 21.0 Å². The first-order valence-electron chi connectivity index (χ1n) is 12.5. The van der Waals surface area contributed by atoms with E-state index in [-0.39, 0.29) is 23.8 Å². The van der Waals surface area contributed by atoms with Crippen LogP contribution in [0.2, 0.25) is 0 Å². The van der Waals surface area contributed by atoms with E-state index in [4.69, 9.17) is 9.72 Å². The van der Waals surface area contributed by atoms with Gasteiger partial charge in [-0.1, -0.05) is 72.2 Å². The van der Waals surface area contributed by atoms with E-state index in [1.165, 1.54) is 16.8 Å². The third-order valence-corrected chi connectivity index (χ3v) is 7.13. The fourth-order valence-corrected chi connectivity index (χ4v) is 4.71. The van der Waals surface area contributed by atoms with Crippen molar-refractivity contribution in [1.82, 2.24) is 9.66 Å². The third kappa shape index (κ3) is 5.44. The molecule has 0 saturated heterocycles. The Morgan fingerprint density at radius 1 is 1.08 bits per heavy atom. The molecule has 4 aromatic carbocycles. The van der Waals surface area contributed by atoms with Crippen molar-refractivity contribution in [3.63, 3.8) is 0 Å². The van der Waals surface area contributed by atoms with E-state index in [0.717, 1.165) is 21.7 Å². The van der Waals surface area contributed by atoms with E-state index >= 15 is 0 Å². The Hall–Kier alpha value is -4.37. The lowest BCUT2D eigenvalue weighted by molar-refractivity contribution is -0.384. The normalized spacial score (nSPS) is 12.3. The lowest BCUT2D eigenvalue weighted by Gasteiger charge is -2.15. The summed E-state index contributed by atoms with van der Waals surface area (Å²) in [5, 5.41) is 18.2. The molecule has 0 fully saturated rings. The highest BCUT2D eigenvalue weighted by atomic mass is 79.9. The molecule has 0 aliphatic heterocycles. The molecule has 39 heavy (non-hydrogen) atoms. The molecular weight excluding hydrogens is 560 g/mol. The highest BCUT2D eigenvalue weighted by Gasteiger charge is 2.16. The van der Waals surface area contributed by atoms with Gasteiger partial charge in [-0.05, 0) is 47.0 Å². The van der Waals surface area contributed by atoms with Gasteiger partial charge in [0.05, 0.1) is 22.0 Å². The van der Waals surface area contributed by atoms with Crippen LogP contribution in [-0.2, 0) is 6.61 Å². The van der Waals surface area contributed by atoms with Crippen LogP contribution in [0.25, 0.3) is 21.7 Å². The zero-order valence-electron chi connectivity index (χ0n) is 21.4. The Kier molecular flexibility index (Phi) is 7.51. The van der Waals surface area contributed by atoms with Crippen LogP contribution in [0.5, 0.6) is 5.75 Å². The molecule has 0 saturated carbocycles. The maximum absolute atomic E-state index is 13.6. The molecule has 5 aromatic rings. The molecule has 1 aromatic heterocycles. The van der Waals surface area contributed by atoms with Crippen LogP contribution >= 0.6 is 15.9 Å². The molecule has 0 radical (unpaired) electrons. The van der Waals surface area contributed by atoms with Crippen molar-refractivity contribution in [3.8, 4) is 5.75 Å². The quantitative estimate of drug-likeness (QED) is 0.109. The number of hydrogen-bond donors (Lipinski definition) is 0. The maximum atomic E-state index is 13.6. The highest BCUT2D eigenvalue weighted by molar-refractivity contribution is 9.10. The Morgan fingerprint density at radius 3 is 2.69 bits per heavy atom. The molecule has 0 spiro atoms. The average molecular weight is 585 g/mol. The minimum Gasteiger partial charge on any atom is -0.488 e. The van der Waals surface area contributed by atoms with Gasteiger partial charge in [-0.2, -0.15) is 9.78 Å². The minimum atomic E-state index is -0.430. The van der Waals surface area contributed by atoms with Gasteiger partial charge < -0.3 is 4.74 Å². The summed E-state index contributed by atoms with van der Waals surface area (Å²) in [5.74, 6) is 1.12. The average Bonchev–Trinajstić information content (AvgIpc) is 2.95. The Labute approximate surface area is 232 Å². The van der Waals surface area contributed by atoms with Crippen molar-refractivity contribution < 1.29 is 9.66 Å². The van der Waals surface area contributed by atoms with Gasteiger partial charge in [0, 0.05) is 28.1 Å². The van der Waals surface area contributed by atoms with Crippen molar-refractivity contribution in [2.45, 2.75) is 32.8 Å². The lowest BCUT2D eigenvalue weighted by Crippen LogP contribution is -2.23. The van der Waals surface area contributed by atoms with E-state index in [9.17, 15) is 14.9 Å². The highest BCUT2D eigenvalue weighted by Crippen LogP contribution is 2.28. The SMILES string of the molecule is CC[C@H](C)c1nc2ccc(Br)cc2c(=O)n1N=Cc1c(OCc2cccc([N+](=O)[O-])c2)ccc2ccccc12. The Balaban J connectivity index is 1.61. The number of nitro groups is 1. The van der Waals surface area contributed by atoms with Crippen LogP contribution in [0.4, 0.5) is 5.69 Å². The Morgan fingerprint density at radius 2 is 1.90 bits per heavy atom. The van der Waals surface area contributed by atoms with Gasteiger partial charge in [0.25, 0.3) is 11.2 Å². The summed E-state index contributed by atoms with van der Waals surface area (Å²) >= 11 is 3.45. The zero-order valence-corrected chi connectivity index (χ0v) is 23.0. The number of nitro benzene ring substituents is 1. The molecular formula is C30H25BrN4O4. The smallest absolute Gasteiger partial charge is 0.282 e. The van der Waals surface area contributed by atoms with E-state index < -0.39 is 4.92 Å². The number of halogens is 1. The van der Waals surface area contributed by atoms with E-state index in [1.54, 1.807) is 24.4 Å². The first kappa shape index (κ1) is 26.2. The zero-order chi connectivity index (χ0) is 27.5. The van der Waals surface area contributed by atoms with Crippen molar-refractivity contribution >= 4 is 49.5 Å². The fourth-order valence-electron chi connectivity index (χ4n) is 4.35. The van der Waals surface area contributed by atoms with Gasteiger partial charge >= 0.3 is 0 Å². The van der Waals surface area contributed by atoms with Gasteiger partial charge in [-0.3, -0.25) is 14.9 Å². The molecule has 196 valence electrons. The van der Waals surface area contributed by atoms with Crippen LogP contribution in [0.1, 0.15) is 43.1 Å². The first-order valence-corrected chi connectivity index (χ1v) is 13.3. The standard InChI is InChI=1S/C30H25BrN4O4/c1-3-19(2)29-33-27-13-12-22(31)16-25(27)30(36)34(29)32-17-26-24-10-5-4-8-21(24)11-14-28(26)39-18-20-7-6-9-23(15-20)35(37)38/h4-17,19H,3,18H2,1-2H3/t19-/m0/s1. The van der Waals surface area contributed by atoms with Gasteiger partial charge in [-0.25, -0.2) is 4.98 Å². The maximum Gasteiger partial charge on any atom is 0.282 e. The number of fused-ring (bicyclic) bond motifs is 2. The minimum absolute atomic E-state index is 0.00000558.